The van der Waals surface area contributed by atoms with Crippen LogP contribution in [-0.2, 0) is 20.9 Å². The molecule has 5 aromatic rings. The molecule has 0 spiro atoms. The van der Waals surface area contributed by atoms with Crippen molar-refractivity contribution in [3.63, 3.8) is 0 Å². The Bertz CT molecular complexity index is 2440. The van der Waals surface area contributed by atoms with Crippen molar-refractivity contribution in [1.29, 1.82) is 0 Å². The molecular weight excluding hydrogens is 700 g/mol. The lowest BCUT2D eigenvalue weighted by atomic mass is 10.0. The molecule has 0 bridgehead atoms. The highest BCUT2D eigenvalue weighted by Crippen LogP contribution is 2.50. The lowest BCUT2D eigenvalue weighted by Gasteiger charge is -2.18. The summed E-state index contributed by atoms with van der Waals surface area (Å²) in [6.07, 6.45) is 1.30. The topological polar surface area (TPSA) is 247 Å². The number of rotatable bonds is 8. The summed E-state index contributed by atoms with van der Waals surface area (Å²) in [5, 5.41) is 40.6. The summed E-state index contributed by atoms with van der Waals surface area (Å²) in [5.74, 6) is -6.14. The Labute approximate surface area is 298 Å². The predicted octanol–water partition coefficient (Wildman–Crippen LogP) is 5.91. The zero-order chi connectivity index (χ0) is 38.9. The predicted molar refractivity (Wildman–Crippen MR) is 183 cm³/mol. The molecule has 16 nitrogen and oxygen atoms in total. The molecule has 1 aliphatic heterocycles. The number of benzene rings is 3. The Balaban J connectivity index is 0.000000239. The molecule has 3 aromatic carbocycles. The molecule has 274 valence electrons. The minimum Gasteiger partial charge on any atom is -0.507 e. The van der Waals surface area contributed by atoms with Crippen LogP contribution in [0.1, 0.15) is 73.3 Å². The quantitative estimate of drug-likeness (QED) is 0.0476. The lowest BCUT2D eigenvalue weighted by Crippen LogP contribution is -2.13. The van der Waals surface area contributed by atoms with E-state index in [4.69, 9.17) is 32.9 Å². The second-order valence-electron chi connectivity index (χ2n) is 11.8. The van der Waals surface area contributed by atoms with E-state index < -0.39 is 70.2 Å². The molecule has 0 saturated heterocycles. The second kappa shape index (κ2) is 14.6. The summed E-state index contributed by atoms with van der Waals surface area (Å²) in [6, 6.07) is 7.93. The van der Waals surface area contributed by atoms with Gasteiger partial charge < -0.3 is 48.2 Å². The smallest absolute Gasteiger partial charge is 0.347 e. The number of hydrogen-bond acceptors (Lipinski definition) is 14. The van der Waals surface area contributed by atoms with Gasteiger partial charge in [0.25, 0.3) is 0 Å². The lowest BCUT2D eigenvalue weighted by molar-refractivity contribution is -0.139. The fraction of sp³-hybridized carbons (Fsp3) is 0.189. The number of aldehydes is 1. The maximum absolute atomic E-state index is 12.9. The van der Waals surface area contributed by atoms with E-state index in [2.05, 4.69) is 0 Å². The van der Waals surface area contributed by atoms with Gasteiger partial charge in [0.1, 0.15) is 46.2 Å². The van der Waals surface area contributed by atoms with Crippen LogP contribution in [0, 0.1) is 13.8 Å². The first-order valence-corrected chi connectivity index (χ1v) is 15.5. The highest BCUT2D eigenvalue weighted by atomic mass is 16.6. The Morgan fingerprint density at radius 1 is 0.906 bits per heavy atom. The standard InChI is InChI=1S/C22H16O12.C15H14O4/c1-8-5-12(24)10(6-23)19-15(8)22(31)34-20-11(7-32-14(27)4-3-13(25)26)17(28)16(21(29)30)9(2)18(20)33-19;1-8(2)14-15(17-3)10-6-9-4-5-13(16)18-11(9)7-12(10)19-14/h3-6,24,28H,7H2,1-2H3,(H,25,26)(H,29,30);4-8H,1-3H3. The summed E-state index contributed by atoms with van der Waals surface area (Å²) in [4.78, 5) is 69.9. The summed E-state index contributed by atoms with van der Waals surface area (Å²) >= 11 is 0. The van der Waals surface area contributed by atoms with Crippen molar-refractivity contribution < 1.29 is 72.2 Å². The third-order valence-electron chi connectivity index (χ3n) is 8.01. The minimum atomic E-state index is -1.60. The number of carbonyl (C=O) groups is 5. The largest absolute Gasteiger partial charge is 0.507 e. The number of ether oxygens (including phenoxy) is 4. The maximum atomic E-state index is 12.9. The highest BCUT2D eigenvalue weighted by molar-refractivity contribution is 6.03. The van der Waals surface area contributed by atoms with Crippen LogP contribution in [0.5, 0.6) is 34.5 Å². The monoisotopic (exact) mass is 730 g/mol. The number of carboxylic acid groups (broad SMARTS) is 2. The molecule has 3 heterocycles. The fourth-order valence-electron chi connectivity index (χ4n) is 5.57. The number of carboxylic acids is 2. The zero-order valence-electron chi connectivity index (χ0n) is 28.6. The van der Waals surface area contributed by atoms with Crippen molar-refractivity contribution in [1.82, 2.24) is 0 Å². The van der Waals surface area contributed by atoms with Crippen LogP contribution in [0.25, 0.3) is 21.9 Å². The van der Waals surface area contributed by atoms with Crippen molar-refractivity contribution in [2.24, 2.45) is 0 Å². The van der Waals surface area contributed by atoms with Crippen molar-refractivity contribution in [2.75, 3.05) is 7.11 Å². The molecule has 6 rings (SSSR count). The van der Waals surface area contributed by atoms with E-state index in [0.29, 0.717) is 23.3 Å². The summed E-state index contributed by atoms with van der Waals surface area (Å²) in [7, 11) is 1.63. The molecular formula is C37H30O16. The van der Waals surface area contributed by atoms with Gasteiger partial charge in [0, 0.05) is 41.2 Å². The van der Waals surface area contributed by atoms with Gasteiger partial charge >= 0.3 is 29.5 Å². The van der Waals surface area contributed by atoms with Gasteiger partial charge in [-0.05, 0) is 37.6 Å². The fourth-order valence-corrected chi connectivity index (χ4v) is 5.57. The average molecular weight is 731 g/mol. The van der Waals surface area contributed by atoms with Gasteiger partial charge in [-0.15, -0.1) is 0 Å². The number of aromatic carboxylic acids is 1. The van der Waals surface area contributed by atoms with Crippen molar-refractivity contribution >= 4 is 52.1 Å². The SMILES string of the molecule is COc1c(C(C)C)oc2cc3oc(=O)ccc3cc12.Cc1cc(O)c(C=O)c2c1C(=O)Oc1c(COC(=O)C=CC(=O)O)c(O)c(C(=O)O)c(C)c1O2. The normalized spacial score (nSPS) is 11.9. The van der Waals surface area contributed by atoms with Crippen LogP contribution in [0.4, 0.5) is 0 Å². The number of aryl methyl sites for hydroxylation is 1. The maximum Gasteiger partial charge on any atom is 0.347 e. The van der Waals surface area contributed by atoms with Gasteiger partial charge in [0.05, 0.1) is 23.6 Å². The van der Waals surface area contributed by atoms with Crippen molar-refractivity contribution in [3.05, 3.63) is 92.0 Å². The number of hydrogen-bond donors (Lipinski definition) is 4. The zero-order valence-corrected chi connectivity index (χ0v) is 28.6. The average Bonchev–Trinajstić information content (AvgIpc) is 3.37. The Morgan fingerprint density at radius 3 is 2.25 bits per heavy atom. The minimum absolute atomic E-state index is 0.169. The van der Waals surface area contributed by atoms with Crippen LogP contribution in [0.3, 0.4) is 0 Å². The number of fused-ring (bicyclic) bond motifs is 4. The second-order valence-corrected chi connectivity index (χ2v) is 11.8. The first-order chi connectivity index (χ1) is 25.1. The van der Waals surface area contributed by atoms with E-state index in [-0.39, 0.29) is 40.3 Å². The summed E-state index contributed by atoms with van der Waals surface area (Å²) < 4.78 is 32.3. The van der Waals surface area contributed by atoms with Gasteiger partial charge in [-0.3, -0.25) is 4.79 Å². The van der Waals surface area contributed by atoms with E-state index in [9.17, 15) is 44.1 Å². The van der Waals surface area contributed by atoms with Crippen molar-refractivity contribution in [2.45, 2.75) is 40.2 Å². The molecule has 0 amide bonds. The van der Waals surface area contributed by atoms with Gasteiger partial charge in [-0.1, -0.05) is 13.8 Å². The van der Waals surface area contributed by atoms with E-state index in [0.717, 1.165) is 28.3 Å². The number of carbonyl (C=O) groups excluding carboxylic acids is 3. The van der Waals surface area contributed by atoms with E-state index in [1.165, 1.54) is 19.9 Å². The third-order valence-corrected chi connectivity index (χ3v) is 8.01. The molecule has 1 aliphatic rings. The first-order valence-electron chi connectivity index (χ1n) is 15.5. The molecule has 4 N–H and O–H groups in total. The van der Waals surface area contributed by atoms with Gasteiger partial charge in [-0.25, -0.2) is 24.0 Å². The van der Waals surface area contributed by atoms with Crippen LogP contribution in [0.15, 0.2) is 56.1 Å². The molecule has 0 unspecified atom stereocenters. The molecule has 0 atom stereocenters. The number of methoxy groups -OCH3 is 1. The summed E-state index contributed by atoms with van der Waals surface area (Å²) in [5.41, 5.74) is -0.979. The number of phenolic OH excluding ortho intramolecular Hbond substituents is 1. The van der Waals surface area contributed by atoms with E-state index >= 15 is 0 Å². The van der Waals surface area contributed by atoms with Gasteiger partial charge in [0.15, 0.2) is 29.3 Å². The molecule has 2 aromatic heterocycles. The molecule has 53 heavy (non-hydrogen) atoms. The molecule has 0 aliphatic carbocycles. The Hall–Kier alpha value is -7.10. The number of aliphatic carboxylic acids is 1. The number of esters is 2. The molecule has 0 fully saturated rings. The van der Waals surface area contributed by atoms with Gasteiger partial charge in [0.2, 0.25) is 0 Å². The van der Waals surface area contributed by atoms with E-state index in [1.54, 1.807) is 19.2 Å². The molecule has 0 radical (unpaired) electrons. The van der Waals surface area contributed by atoms with E-state index in [1.807, 2.05) is 19.9 Å². The number of furan rings is 1. The Kier molecular flexibility index (Phi) is 10.3. The van der Waals surface area contributed by atoms with Crippen molar-refractivity contribution in [3.8, 4) is 34.5 Å². The highest BCUT2D eigenvalue weighted by Gasteiger charge is 2.36. The molecule has 16 heteroatoms. The number of phenols is 2. The molecule has 0 saturated carbocycles. The first kappa shape index (κ1) is 37.2. The number of aromatic hydroxyl groups is 2. The van der Waals surface area contributed by atoms with Gasteiger partial charge in [-0.2, -0.15) is 0 Å². The summed E-state index contributed by atoms with van der Waals surface area (Å²) in [6.45, 7) is 5.91. The van der Waals surface area contributed by atoms with Crippen LogP contribution >= 0.6 is 0 Å². The van der Waals surface area contributed by atoms with Crippen LogP contribution in [-0.4, -0.2) is 57.7 Å². The Morgan fingerprint density at radius 2 is 1.62 bits per heavy atom. The third kappa shape index (κ3) is 7.10. The van der Waals surface area contributed by atoms with Crippen LogP contribution < -0.4 is 19.8 Å². The van der Waals surface area contributed by atoms with Crippen LogP contribution in [0.2, 0.25) is 0 Å².